The van der Waals surface area contributed by atoms with E-state index in [9.17, 15) is 4.79 Å². The minimum Gasteiger partial charge on any atom is -0.383 e. The molecular formula is C14H23N3O2. The van der Waals surface area contributed by atoms with Crippen LogP contribution in [0.15, 0.2) is 18.3 Å². The molecule has 0 saturated carbocycles. The van der Waals surface area contributed by atoms with Crippen LogP contribution in [0.4, 0.5) is 0 Å². The molecule has 2 heterocycles. The van der Waals surface area contributed by atoms with Crippen molar-refractivity contribution in [2.75, 3.05) is 26.8 Å². The highest BCUT2D eigenvalue weighted by molar-refractivity contribution is 5.93. The van der Waals surface area contributed by atoms with Crippen molar-refractivity contribution in [1.29, 1.82) is 0 Å². The Kier molecular flexibility index (Phi) is 4.61. The molecule has 1 fully saturated rings. The first-order valence-electron chi connectivity index (χ1n) is 6.82. The molecule has 5 heteroatoms. The molecule has 1 aliphatic heterocycles. The van der Waals surface area contributed by atoms with E-state index in [2.05, 4.69) is 0 Å². The molecule has 5 nitrogen and oxygen atoms in total. The Morgan fingerprint density at radius 2 is 2.42 bits per heavy atom. The average molecular weight is 265 g/mol. The lowest BCUT2D eigenvalue weighted by Crippen LogP contribution is -2.34. The normalized spacial score (nSPS) is 20.8. The first kappa shape index (κ1) is 14.1. The minimum absolute atomic E-state index is 0.101. The number of carbonyl (C=O) groups excluding carboxylic acids is 1. The van der Waals surface area contributed by atoms with Crippen molar-refractivity contribution < 1.29 is 9.53 Å². The van der Waals surface area contributed by atoms with E-state index in [1.54, 1.807) is 7.11 Å². The van der Waals surface area contributed by atoms with Gasteiger partial charge in [-0.25, -0.2) is 0 Å². The standard InChI is InChI=1S/C14H23N3O2/c1-11(15)12-5-7-17(10-12)14(18)13-4-3-6-16(13)8-9-19-2/h3-4,6,11-12H,5,7-10,15H2,1-2H3. The third-order valence-electron chi connectivity index (χ3n) is 3.84. The van der Waals surface area contributed by atoms with E-state index in [0.717, 1.165) is 25.2 Å². The molecule has 1 amide bonds. The first-order valence-corrected chi connectivity index (χ1v) is 6.82. The summed E-state index contributed by atoms with van der Waals surface area (Å²) < 4.78 is 7.01. The van der Waals surface area contributed by atoms with Crippen LogP contribution in [0.25, 0.3) is 0 Å². The number of nitrogens with two attached hydrogens (primary N) is 1. The predicted octanol–water partition coefficient (Wildman–Crippen LogP) is 0.944. The SMILES string of the molecule is COCCn1cccc1C(=O)N1CCC(C(C)N)C1. The van der Waals surface area contributed by atoms with E-state index >= 15 is 0 Å². The molecule has 0 aromatic carbocycles. The van der Waals surface area contributed by atoms with Crippen molar-refractivity contribution in [3.05, 3.63) is 24.0 Å². The van der Waals surface area contributed by atoms with Crippen LogP contribution < -0.4 is 5.73 Å². The van der Waals surface area contributed by atoms with Crippen LogP contribution in [0.1, 0.15) is 23.8 Å². The maximum Gasteiger partial charge on any atom is 0.270 e. The lowest BCUT2D eigenvalue weighted by atomic mass is 10.0. The van der Waals surface area contributed by atoms with Crippen LogP contribution >= 0.6 is 0 Å². The molecule has 19 heavy (non-hydrogen) atoms. The van der Waals surface area contributed by atoms with Crippen LogP contribution in [0.5, 0.6) is 0 Å². The maximum absolute atomic E-state index is 12.5. The zero-order chi connectivity index (χ0) is 13.8. The summed E-state index contributed by atoms with van der Waals surface area (Å²) >= 11 is 0. The van der Waals surface area contributed by atoms with Crippen LogP contribution in [0.3, 0.4) is 0 Å². The molecule has 2 rings (SSSR count). The molecule has 1 aliphatic rings. The molecule has 0 aliphatic carbocycles. The third-order valence-corrected chi connectivity index (χ3v) is 3.84. The van der Waals surface area contributed by atoms with Gasteiger partial charge in [-0.05, 0) is 31.4 Å². The number of carbonyl (C=O) groups is 1. The van der Waals surface area contributed by atoms with Crippen LogP contribution in [-0.4, -0.2) is 48.2 Å². The van der Waals surface area contributed by atoms with E-state index < -0.39 is 0 Å². The fraction of sp³-hybridized carbons (Fsp3) is 0.643. The fourth-order valence-electron chi connectivity index (χ4n) is 2.56. The Morgan fingerprint density at radius 1 is 1.63 bits per heavy atom. The van der Waals surface area contributed by atoms with E-state index in [1.165, 1.54) is 0 Å². The second-order valence-electron chi connectivity index (χ2n) is 5.24. The number of likely N-dealkylation sites (tertiary alicyclic amines) is 1. The summed E-state index contributed by atoms with van der Waals surface area (Å²) in [4.78, 5) is 14.4. The smallest absolute Gasteiger partial charge is 0.270 e. The highest BCUT2D eigenvalue weighted by atomic mass is 16.5. The summed E-state index contributed by atoms with van der Waals surface area (Å²) in [6.07, 6.45) is 2.92. The lowest BCUT2D eigenvalue weighted by Gasteiger charge is -2.19. The molecule has 2 atom stereocenters. The van der Waals surface area contributed by atoms with E-state index in [-0.39, 0.29) is 11.9 Å². The Labute approximate surface area is 114 Å². The highest BCUT2D eigenvalue weighted by Crippen LogP contribution is 2.20. The van der Waals surface area contributed by atoms with Crippen molar-refractivity contribution >= 4 is 5.91 Å². The van der Waals surface area contributed by atoms with Gasteiger partial charge in [-0.3, -0.25) is 4.79 Å². The topological polar surface area (TPSA) is 60.5 Å². The first-order chi connectivity index (χ1) is 9.13. The van der Waals surface area contributed by atoms with E-state index in [1.807, 2.05) is 34.7 Å². The van der Waals surface area contributed by atoms with Crippen molar-refractivity contribution in [3.8, 4) is 0 Å². The quantitative estimate of drug-likeness (QED) is 0.862. The minimum atomic E-state index is 0.101. The van der Waals surface area contributed by atoms with Gasteiger partial charge >= 0.3 is 0 Å². The molecule has 0 spiro atoms. The molecule has 1 saturated heterocycles. The van der Waals surface area contributed by atoms with Gasteiger partial charge in [-0.15, -0.1) is 0 Å². The summed E-state index contributed by atoms with van der Waals surface area (Å²) in [5.41, 5.74) is 6.65. The predicted molar refractivity (Wildman–Crippen MR) is 74.0 cm³/mol. The van der Waals surface area contributed by atoms with Crippen molar-refractivity contribution in [1.82, 2.24) is 9.47 Å². The number of hydrogen-bond donors (Lipinski definition) is 1. The molecule has 0 bridgehead atoms. The van der Waals surface area contributed by atoms with Gasteiger partial charge in [0.1, 0.15) is 5.69 Å². The average Bonchev–Trinajstić information content (AvgIpc) is 3.04. The molecular weight excluding hydrogens is 242 g/mol. The van der Waals surface area contributed by atoms with Crippen LogP contribution in [0, 0.1) is 5.92 Å². The van der Waals surface area contributed by atoms with Gasteiger partial charge in [0.2, 0.25) is 0 Å². The zero-order valence-electron chi connectivity index (χ0n) is 11.7. The Morgan fingerprint density at radius 3 is 3.05 bits per heavy atom. The van der Waals surface area contributed by atoms with Gasteiger partial charge in [0, 0.05) is 39.0 Å². The summed E-state index contributed by atoms with van der Waals surface area (Å²) in [5.74, 6) is 0.524. The molecule has 2 N–H and O–H groups in total. The fourth-order valence-corrected chi connectivity index (χ4v) is 2.56. The molecule has 1 aromatic heterocycles. The van der Waals surface area contributed by atoms with E-state index in [0.29, 0.717) is 19.1 Å². The van der Waals surface area contributed by atoms with Crippen molar-refractivity contribution in [2.24, 2.45) is 11.7 Å². The van der Waals surface area contributed by atoms with Gasteiger partial charge in [0.25, 0.3) is 5.91 Å². The van der Waals surface area contributed by atoms with E-state index in [4.69, 9.17) is 10.5 Å². The Bertz CT molecular complexity index is 428. The number of amides is 1. The second-order valence-corrected chi connectivity index (χ2v) is 5.24. The Hall–Kier alpha value is -1.33. The number of aromatic nitrogens is 1. The van der Waals surface area contributed by atoms with Gasteiger partial charge in [-0.1, -0.05) is 0 Å². The van der Waals surface area contributed by atoms with Gasteiger partial charge < -0.3 is 19.9 Å². The number of methoxy groups -OCH3 is 1. The Balaban J connectivity index is 2.02. The number of nitrogens with zero attached hydrogens (tertiary/aromatic N) is 2. The maximum atomic E-state index is 12.5. The largest absolute Gasteiger partial charge is 0.383 e. The molecule has 2 unspecified atom stereocenters. The second kappa shape index (κ2) is 6.21. The van der Waals surface area contributed by atoms with Crippen LogP contribution in [0.2, 0.25) is 0 Å². The summed E-state index contributed by atoms with van der Waals surface area (Å²) in [6, 6.07) is 3.93. The molecule has 0 radical (unpaired) electrons. The summed E-state index contributed by atoms with van der Waals surface area (Å²) in [6.45, 7) is 4.90. The lowest BCUT2D eigenvalue weighted by molar-refractivity contribution is 0.0772. The van der Waals surface area contributed by atoms with Gasteiger partial charge in [0.05, 0.1) is 6.61 Å². The number of rotatable bonds is 5. The van der Waals surface area contributed by atoms with Crippen molar-refractivity contribution in [3.63, 3.8) is 0 Å². The summed E-state index contributed by atoms with van der Waals surface area (Å²) in [7, 11) is 1.67. The number of hydrogen-bond acceptors (Lipinski definition) is 3. The number of ether oxygens (including phenoxy) is 1. The van der Waals surface area contributed by atoms with Crippen molar-refractivity contribution in [2.45, 2.75) is 25.9 Å². The third kappa shape index (κ3) is 3.16. The van der Waals surface area contributed by atoms with Gasteiger partial charge in [0.15, 0.2) is 0 Å². The highest BCUT2D eigenvalue weighted by Gasteiger charge is 2.29. The molecule has 106 valence electrons. The zero-order valence-corrected chi connectivity index (χ0v) is 11.7. The monoisotopic (exact) mass is 265 g/mol. The van der Waals surface area contributed by atoms with Crippen LogP contribution in [-0.2, 0) is 11.3 Å². The molecule has 1 aromatic rings. The summed E-state index contributed by atoms with van der Waals surface area (Å²) in [5, 5.41) is 0. The van der Waals surface area contributed by atoms with Gasteiger partial charge in [-0.2, -0.15) is 0 Å².